The molecule has 1 fully saturated rings. The normalized spacial score (nSPS) is 15.0. The fraction of sp³-hybridized carbons (Fsp3) is 0.353. The quantitative estimate of drug-likeness (QED) is 0.206. The van der Waals surface area contributed by atoms with Crippen LogP contribution in [0, 0.1) is 0 Å². The molecule has 1 aliphatic rings. The van der Waals surface area contributed by atoms with Crippen molar-refractivity contribution in [3.05, 3.63) is 95.4 Å². The van der Waals surface area contributed by atoms with Crippen LogP contribution in [0.3, 0.4) is 0 Å². The highest BCUT2D eigenvalue weighted by molar-refractivity contribution is 7.17. The largest absolute Gasteiger partial charge is 0.359 e. The van der Waals surface area contributed by atoms with E-state index in [-0.39, 0.29) is 6.42 Å². The number of anilines is 2. The van der Waals surface area contributed by atoms with E-state index in [0.717, 1.165) is 36.6 Å². The Hall–Kier alpha value is -3.68. The third-order valence-corrected chi connectivity index (χ3v) is 8.96. The number of fused-ring (bicyclic) bond motifs is 1. The Morgan fingerprint density at radius 1 is 1.02 bits per heavy atom. The molecule has 7 heteroatoms. The van der Waals surface area contributed by atoms with Gasteiger partial charge in [-0.25, -0.2) is 9.59 Å². The van der Waals surface area contributed by atoms with Gasteiger partial charge in [0.25, 0.3) is 0 Å². The molecule has 2 heterocycles. The number of likely N-dealkylation sites (tertiary alicyclic amines) is 1. The van der Waals surface area contributed by atoms with E-state index in [9.17, 15) is 9.59 Å². The number of thiophene rings is 1. The molecule has 1 unspecified atom stereocenters. The number of hydrogen-bond acceptors (Lipinski definition) is 5. The van der Waals surface area contributed by atoms with Crippen molar-refractivity contribution in [3.8, 4) is 0 Å². The summed E-state index contributed by atoms with van der Waals surface area (Å²) in [7, 11) is 0. The summed E-state index contributed by atoms with van der Waals surface area (Å²) < 4.78 is 1.21. The molecule has 1 aromatic heterocycles. The van der Waals surface area contributed by atoms with E-state index in [0.29, 0.717) is 29.8 Å². The number of amides is 2. The van der Waals surface area contributed by atoms with Gasteiger partial charge in [0.1, 0.15) is 0 Å². The summed E-state index contributed by atoms with van der Waals surface area (Å²) in [6, 6.07) is 24.9. The third-order valence-electron chi connectivity index (χ3n) is 7.98. The molecule has 214 valence electrons. The van der Waals surface area contributed by atoms with Gasteiger partial charge >= 0.3 is 12.0 Å². The van der Waals surface area contributed by atoms with Crippen LogP contribution in [0.25, 0.3) is 10.1 Å². The van der Waals surface area contributed by atoms with Gasteiger partial charge in [0.05, 0.1) is 12.1 Å². The van der Waals surface area contributed by atoms with Gasteiger partial charge in [0.2, 0.25) is 0 Å². The number of hydroxylamine groups is 1. The van der Waals surface area contributed by atoms with Crippen molar-refractivity contribution in [3.63, 3.8) is 0 Å². The van der Waals surface area contributed by atoms with Gasteiger partial charge in [-0.05, 0) is 104 Å². The van der Waals surface area contributed by atoms with Crippen molar-refractivity contribution >= 4 is 44.8 Å². The van der Waals surface area contributed by atoms with E-state index in [1.54, 1.807) is 23.5 Å². The number of benzene rings is 3. The number of carbonyl (C=O) groups is 2. The zero-order chi connectivity index (χ0) is 28.6. The number of piperidine rings is 1. The number of para-hydroxylation sites is 1. The van der Waals surface area contributed by atoms with Crippen LogP contribution in [0.15, 0.2) is 84.2 Å². The van der Waals surface area contributed by atoms with E-state index in [2.05, 4.69) is 41.6 Å². The van der Waals surface area contributed by atoms with Gasteiger partial charge in [-0.3, -0.25) is 0 Å². The summed E-state index contributed by atoms with van der Waals surface area (Å²) in [5, 5.41) is 7.51. The van der Waals surface area contributed by atoms with Gasteiger partial charge in [0, 0.05) is 16.4 Å². The standard InChI is InChI=1S/C34H39N3O3S/c1-3-10-25(2)36-21-19-27(20-22-36)31-24-41-32-17-16-28(23-30(31)32)35-34(39)37(29-13-8-5-9-14-29)40-33(38)18-15-26-11-6-4-7-12-26/h4-9,11-14,16-17,23-25,27H,3,10,15,18-22H2,1-2H3,(H,35,39). The summed E-state index contributed by atoms with van der Waals surface area (Å²) >= 11 is 1.76. The summed E-state index contributed by atoms with van der Waals surface area (Å²) in [5.41, 5.74) is 3.58. The minimum Gasteiger partial charge on any atom is -0.332 e. The Labute approximate surface area is 246 Å². The lowest BCUT2D eigenvalue weighted by molar-refractivity contribution is -0.143. The lowest BCUT2D eigenvalue weighted by Crippen LogP contribution is -2.39. The molecule has 0 radical (unpaired) electrons. The van der Waals surface area contributed by atoms with Crippen molar-refractivity contribution in [1.29, 1.82) is 0 Å². The highest BCUT2D eigenvalue weighted by Gasteiger charge is 2.26. The SMILES string of the molecule is CCCC(C)N1CCC(c2csc3ccc(NC(=O)N(OC(=O)CCc4ccccc4)c4ccccc4)cc23)CC1. The monoisotopic (exact) mass is 569 g/mol. The molecule has 1 aliphatic heterocycles. The first-order chi connectivity index (χ1) is 20.0. The van der Waals surface area contributed by atoms with Crippen molar-refractivity contribution in [1.82, 2.24) is 4.90 Å². The van der Waals surface area contributed by atoms with Gasteiger partial charge < -0.3 is 15.1 Å². The predicted molar refractivity (Wildman–Crippen MR) is 169 cm³/mol. The van der Waals surface area contributed by atoms with Crippen LogP contribution >= 0.6 is 11.3 Å². The first kappa shape index (κ1) is 28.8. The highest BCUT2D eigenvalue weighted by Crippen LogP contribution is 2.38. The topological polar surface area (TPSA) is 61.9 Å². The number of carbonyl (C=O) groups excluding carboxylic acids is 2. The zero-order valence-corrected chi connectivity index (χ0v) is 24.7. The Morgan fingerprint density at radius 2 is 1.73 bits per heavy atom. The van der Waals surface area contributed by atoms with Crippen LogP contribution in [0.1, 0.15) is 63.0 Å². The minimum absolute atomic E-state index is 0.168. The van der Waals surface area contributed by atoms with Gasteiger partial charge in [0.15, 0.2) is 0 Å². The molecule has 6 nitrogen and oxygen atoms in total. The average molecular weight is 570 g/mol. The molecule has 1 atom stereocenters. The van der Waals surface area contributed by atoms with Crippen LogP contribution in [0.2, 0.25) is 0 Å². The predicted octanol–water partition coefficient (Wildman–Crippen LogP) is 8.40. The van der Waals surface area contributed by atoms with Crippen LogP contribution in [-0.2, 0) is 16.1 Å². The Kier molecular flexibility index (Phi) is 9.70. The first-order valence-electron chi connectivity index (χ1n) is 14.7. The summed E-state index contributed by atoms with van der Waals surface area (Å²) in [4.78, 5) is 34.5. The molecule has 0 aliphatic carbocycles. The fourth-order valence-corrected chi connectivity index (χ4v) is 6.71. The van der Waals surface area contributed by atoms with E-state index in [1.807, 2.05) is 54.6 Å². The van der Waals surface area contributed by atoms with Crippen LogP contribution in [-0.4, -0.2) is 36.0 Å². The number of aryl methyl sites for hydroxylation is 1. The number of nitrogens with one attached hydrogen (secondary N) is 1. The minimum atomic E-state index is -0.515. The maximum Gasteiger partial charge on any atom is 0.359 e. The molecule has 1 saturated heterocycles. The Bertz CT molecular complexity index is 1430. The summed E-state index contributed by atoms with van der Waals surface area (Å²) in [6.07, 6.45) is 5.48. The van der Waals surface area contributed by atoms with Crippen LogP contribution < -0.4 is 10.4 Å². The second-order valence-electron chi connectivity index (χ2n) is 10.9. The van der Waals surface area contributed by atoms with Gasteiger partial charge in [-0.15, -0.1) is 16.4 Å². The molecular formula is C34H39N3O3S. The van der Waals surface area contributed by atoms with E-state index in [1.165, 1.54) is 28.5 Å². The Morgan fingerprint density at radius 3 is 2.44 bits per heavy atom. The molecule has 41 heavy (non-hydrogen) atoms. The maximum atomic E-state index is 13.5. The lowest BCUT2D eigenvalue weighted by atomic mass is 9.88. The number of urea groups is 1. The smallest absolute Gasteiger partial charge is 0.332 e. The number of rotatable bonds is 9. The molecule has 2 amide bonds. The molecule has 1 N–H and O–H groups in total. The van der Waals surface area contributed by atoms with Crippen LogP contribution in [0.5, 0.6) is 0 Å². The van der Waals surface area contributed by atoms with Crippen molar-refractivity contribution in [2.24, 2.45) is 0 Å². The molecule has 4 aromatic rings. The van der Waals surface area contributed by atoms with Crippen molar-refractivity contribution in [2.75, 3.05) is 23.5 Å². The van der Waals surface area contributed by atoms with E-state index < -0.39 is 12.0 Å². The van der Waals surface area contributed by atoms with E-state index >= 15 is 0 Å². The second-order valence-corrected chi connectivity index (χ2v) is 11.8. The highest BCUT2D eigenvalue weighted by atomic mass is 32.1. The lowest BCUT2D eigenvalue weighted by Gasteiger charge is -2.36. The van der Waals surface area contributed by atoms with Gasteiger partial charge in [-0.1, -0.05) is 61.9 Å². The molecule has 0 bridgehead atoms. The number of hydrogen-bond donors (Lipinski definition) is 1. The molecule has 5 rings (SSSR count). The van der Waals surface area contributed by atoms with E-state index in [4.69, 9.17) is 4.84 Å². The van der Waals surface area contributed by atoms with Gasteiger partial charge in [-0.2, -0.15) is 0 Å². The first-order valence-corrected chi connectivity index (χ1v) is 15.6. The molecule has 0 saturated carbocycles. The van der Waals surface area contributed by atoms with Crippen molar-refractivity contribution in [2.45, 2.75) is 64.3 Å². The number of nitrogens with zero attached hydrogens (tertiary/aromatic N) is 2. The second kappa shape index (κ2) is 13.8. The zero-order valence-electron chi connectivity index (χ0n) is 23.9. The molecule has 3 aromatic carbocycles. The fourth-order valence-electron chi connectivity index (χ4n) is 5.68. The average Bonchev–Trinajstić information content (AvgIpc) is 3.43. The van der Waals surface area contributed by atoms with Crippen LogP contribution in [0.4, 0.5) is 16.2 Å². The Balaban J connectivity index is 1.28. The molecular weight excluding hydrogens is 530 g/mol. The summed E-state index contributed by atoms with van der Waals surface area (Å²) in [6.45, 7) is 6.85. The summed E-state index contributed by atoms with van der Waals surface area (Å²) in [5.74, 6) is 0.0502. The van der Waals surface area contributed by atoms with Crippen molar-refractivity contribution < 1.29 is 14.4 Å². The maximum absolute atomic E-state index is 13.5. The third kappa shape index (κ3) is 7.34. The molecule has 0 spiro atoms.